The molecular weight excluding hydrogens is 178 g/mol. The van der Waals surface area contributed by atoms with Crippen LogP contribution in [0.2, 0.25) is 0 Å². The Morgan fingerprint density at radius 2 is 2.29 bits per heavy atom. The number of ether oxygens (including phenoxy) is 1. The Balaban J connectivity index is 2.52. The van der Waals surface area contributed by atoms with Crippen molar-refractivity contribution in [2.75, 3.05) is 7.11 Å². The van der Waals surface area contributed by atoms with Gasteiger partial charge < -0.3 is 9.84 Å². The molecule has 1 rings (SSSR count). The first-order chi connectivity index (χ1) is 6.77. The van der Waals surface area contributed by atoms with Gasteiger partial charge in [0.25, 0.3) is 0 Å². The summed E-state index contributed by atoms with van der Waals surface area (Å²) in [5.41, 5.74) is 0.899. The molecule has 0 aliphatic heterocycles. The van der Waals surface area contributed by atoms with Gasteiger partial charge in [-0.1, -0.05) is 13.0 Å². The number of hydrogen-bond acceptors (Lipinski definition) is 3. The maximum atomic E-state index is 9.80. The van der Waals surface area contributed by atoms with Gasteiger partial charge in [-0.25, -0.2) is 0 Å². The number of nitrogens with zero attached hydrogens (tertiary/aromatic N) is 1. The van der Waals surface area contributed by atoms with Crippen LogP contribution >= 0.6 is 0 Å². The molecule has 3 nitrogen and oxygen atoms in total. The lowest BCUT2D eigenvalue weighted by molar-refractivity contribution is -0.0132. The SMILES string of the molecule is CCC(OC)C(O)Cc1ccccn1. The average molecular weight is 195 g/mol. The van der Waals surface area contributed by atoms with E-state index in [1.54, 1.807) is 13.3 Å². The van der Waals surface area contributed by atoms with E-state index in [1.807, 2.05) is 25.1 Å². The molecule has 3 heteroatoms. The van der Waals surface area contributed by atoms with Crippen molar-refractivity contribution < 1.29 is 9.84 Å². The molecule has 0 radical (unpaired) electrons. The van der Waals surface area contributed by atoms with Gasteiger partial charge in [-0.05, 0) is 18.6 Å². The lowest BCUT2D eigenvalue weighted by atomic mass is 10.1. The molecule has 0 aromatic carbocycles. The second kappa shape index (κ2) is 5.73. The maximum Gasteiger partial charge on any atom is 0.0856 e. The van der Waals surface area contributed by atoms with Gasteiger partial charge in [-0.15, -0.1) is 0 Å². The number of aromatic nitrogens is 1. The largest absolute Gasteiger partial charge is 0.390 e. The topological polar surface area (TPSA) is 42.4 Å². The van der Waals surface area contributed by atoms with Gasteiger partial charge in [0.15, 0.2) is 0 Å². The van der Waals surface area contributed by atoms with Crippen LogP contribution in [0.4, 0.5) is 0 Å². The van der Waals surface area contributed by atoms with Gasteiger partial charge in [0.05, 0.1) is 12.2 Å². The highest BCUT2D eigenvalue weighted by atomic mass is 16.5. The molecule has 0 bridgehead atoms. The summed E-state index contributed by atoms with van der Waals surface area (Å²) in [5, 5.41) is 9.80. The number of aliphatic hydroxyl groups is 1. The van der Waals surface area contributed by atoms with Gasteiger partial charge >= 0.3 is 0 Å². The fraction of sp³-hybridized carbons (Fsp3) is 0.545. The monoisotopic (exact) mass is 195 g/mol. The zero-order valence-corrected chi connectivity index (χ0v) is 8.68. The molecule has 14 heavy (non-hydrogen) atoms. The minimum atomic E-state index is -0.472. The van der Waals surface area contributed by atoms with Crippen LogP contribution in [-0.4, -0.2) is 29.4 Å². The van der Waals surface area contributed by atoms with E-state index in [4.69, 9.17) is 4.74 Å². The minimum Gasteiger partial charge on any atom is -0.390 e. The Morgan fingerprint density at radius 3 is 2.79 bits per heavy atom. The van der Waals surface area contributed by atoms with Crippen LogP contribution in [0.3, 0.4) is 0 Å². The molecule has 2 atom stereocenters. The van der Waals surface area contributed by atoms with Crippen molar-refractivity contribution in [2.45, 2.75) is 32.0 Å². The number of pyridine rings is 1. The highest BCUT2D eigenvalue weighted by Crippen LogP contribution is 2.08. The second-order valence-electron chi connectivity index (χ2n) is 3.27. The third-order valence-electron chi connectivity index (χ3n) is 2.28. The number of hydrogen-bond donors (Lipinski definition) is 1. The van der Waals surface area contributed by atoms with E-state index in [-0.39, 0.29) is 6.10 Å². The summed E-state index contributed by atoms with van der Waals surface area (Å²) in [6, 6.07) is 5.69. The third kappa shape index (κ3) is 3.09. The van der Waals surface area contributed by atoms with Crippen LogP contribution in [0.1, 0.15) is 19.0 Å². The number of methoxy groups -OCH3 is 1. The summed E-state index contributed by atoms with van der Waals surface area (Å²) in [5.74, 6) is 0. The van der Waals surface area contributed by atoms with Gasteiger partial charge in [-0.3, -0.25) is 4.98 Å². The van der Waals surface area contributed by atoms with Crippen LogP contribution in [0, 0.1) is 0 Å². The summed E-state index contributed by atoms with van der Waals surface area (Å²) in [4.78, 5) is 4.15. The second-order valence-corrected chi connectivity index (χ2v) is 3.27. The van der Waals surface area contributed by atoms with Crippen molar-refractivity contribution in [3.05, 3.63) is 30.1 Å². The van der Waals surface area contributed by atoms with E-state index >= 15 is 0 Å². The van der Waals surface area contributed by atoms with Gasteiger partial charge in [0.1, 0.15) is 0 Å². The highest BCUT2D eigenvalue weighted by Gasteiger charge is 2.17. The van der Waals surface area contributed by atoms with Gasteiger partial charge in [0.2, 0.25) is 0 Å². The predicted octanol–water partition coefficient (Wildman–Crippen LogP) is 1.41. The van der Waals surface area contributed by atoms with E-state index in [0.29, 0.717) is 6.42 Å². The van der Waals surface area contributed by atoms with Gasteiger partial charge in [0, 0.05) is 25.4 Å². The molecule has 1 heterocycles. The Hall–Kier alpha value is -0.930. The molecule has 0 fully saturated rings. The van der Waals surface area contributed by atoms with Gasteiger partial charge in [-0.2, -0.15) is 0 Å². The van der Waals surface area contributed by atoms with Crippen molar-refractivity contribution in [2.24, 2.45) is 0 Å². The van der Waals surface area contributed by atoms with Crippen LogP contribution < -0.4 is 0 Å². The fourth-order valence-corrected chi connectivity index (χ4v) is 1.46. The zero-order valence-electron chi connectivity index (χ0n) is 8.68. The van der Waals surface area contributed by atoms with Crippen LogP contribution in [-0.2, 0) is 11.2 Å². The first-order valence-electron chi connectivity index (χ1n) is 4.88. The molecular formula is C11H17NO2. The average Bonchev–Trinajstić information content (AvgIpc) is 2.21. The van der Waals surface area contributed by atoms with Crippen molar-refractivity contribution in [3.8, 4) is 0 Å². The highest BCUT2D eigenvalue weighted by molar-refractivity contribution is 5.05. The molecule has 0 saturated heterocycles. The standard InChI is InChI=1S/C11H17NO2/c1-3-11(14-2)10(13)8-9-6-4-5-7-12-9/h4-7,10-11,13H,3,8H2,1-2H3. The number of rotatable bonds is 5. The van der Waals surface area contributed by atoms with E-state index in [1.165, 1.54) is 0 Å². The van der Waals surface area contributed by atoms with E-state index < -0.39 is 6.10 Å². The fourth-order valence-electron chi connectivity index (χ4n) is 1.46. The molecule has 1 N–H and O–H groups in total. The summed E-state index contributed by atoms with van der Waals surface area (Å²) >= 11 is 0. The summed E-state index contributed by atoms with van der Waals surface area (Å²) in [6.07, 6.45) is 2.52. The smallest absolute Gasteiger partial charge is 0.0856 e. The van der Waals surface area contributed by atoms with Crippen LogP contribution in [0.5, 0.6) is 0 Å². The summed E-state index contributed by atoms with van der Waals surface area (Å²) < 4.78 is 5.16. The Kier molecular flexibility index (Phi) is 4.56. The molecule has 0 aliphatic rings. The quantitative estimate of drug-likeness (QED) is 0.772. The van der Waals surface area contributed by atoms with E-state index in [9.17, 15) is 5.11 Å². The molecule has 1 aromatic rings. The van der Waals surface area contributed by atoms with Crippen molar-refractivity contribution in [1.82, 2.24) is 4.98 Å². The molecule has 0 aliphatic carbocycles. The molecule has 2 unspecified atom stereocenters. The summed E-state index contributed by atoms with van der Waals surface area (Å²) in [6.45, 7) is 2.00. The normalized spacial score (nSPS) is 15.1. The number of aliphatic hydroxyl groups excluding tert-OH is 1. The maximum absolute atomic E-state index is 9.80. The first kappa shape index (κ1) is 11.1. The Labute approximate surface area is 84.7 Å². The lowest BCUT2D eigenvalue weighted by Gasteiger charge is -2.19. The molecule has 0 amide bonds. The lowest BCUT2D eigenvalue weighted by Crippen LogP contribution is -2.29. The predicted molar refractivity (Wildman–Crippen MR) is 55.0 cm³/mol. The van der Waals surface area contributed by atoms with E-state index in [2.05, 4.69) is 4.98 Å². The first-order valence-corrected chi connectivity index (χ1v) is 4.88. The minimum absolute atomic E-state index is 0.1000. The molecule has 0 spiro atoms. The molecule has 78 valence electrons. The summed E-state index contributed by atoms with van der Waals surface area (Å²) in [7, 11) is 1.62. The Bertz CT molecular complexity index is 247. The van der Waals surface area contributed by atoms with Crippen molar-refractivity contribution in [1.29, 1.82) is 0 Å². The zero-order chi connectivity index (χ0) is 10.4. The van der Waals surface area contributed by atoms with Crippen molar-refractivity contribution >= 4 is 0 Å². The molecule has 0 saturated carbocycles. The molecule has 1 aromatic heterocycles. The van der Waals surface area contributed by atoms with E-state index in [0.717, 1.165) is 12.1 Å². The Morgan fingerprint density at radius 1 is 1.50 bits per heavy atom. The van der Waals surface area contributed by atoms with Crippen LogP contribution in [0.15, 0.2) is 24.4 Å². The van der Waals surface area contributed by atoms with Crippen LogP contribution in [0.25, 0.3) is 0 Å². The third-order valence-corrected chi connectivity index (χ3v) is 2.28. The van der Waals surface area contributed by atoms with Crippen molar-refractivity contribution in [3.63, 3.8) is 0 Å².